The molecule has 2 aromatic carbocycles. The van der Waals surface area contributed by atoms with Gasteiger partial charge in [-0.25, -0.2) is 4.98 Å². The van der Waals surface area contributed by atoms with Crippen LogP contribution in [0.3, 0.4) is 0 Å². The maximum absolute atomic E-state index is 12.6. The Morgan fingerprint density at radius 1 is 1.31 bits per heavy atom. The third kappa shape index (κ3) is 4.87. The lowest BCUT2D eigenvalue weighted by molar-refractivity contribution is -0.384. The summed E-state index contributed by atoms with van der Waals surface area (Å²) in [6.07, 6.45) is 3.45. The van der Waals surface area contributed by atoms with E-state index in [4.69, 9.17) is 16.3 Å². The Bertz CT molecular complexity index is 1040. The van der Waals surface area contributed by atoms with Crippen LogP contribution in [-0.2, 0) is 4.79 Å². The van der Waals surface area contributed by atoms with Crippen molar-refractivity contribution >= 4 is 40.6 Å². The SMILES string of the molecule is COc1ccc(-n2ccnc2S[C@H](C)C(=O)Nc2cc([N+](=O)[O-])ccc2Cl)cc1. The molecule has 0 saturated heterocycles. The molecular weight excluding hydrogens is 416 g/mol. The molecule has 3 aromatic rings. The van der Waals surface area contributed by atoms with E-state index in [2.05, 4.69) is 10.3 Å². The summed E-state index contributed by atoms with van der Waals surface area (Å²) in [4.78, 5) is 27.3. The third-order valence-corrected chi connectivity index (χ3v) is 5.44. The topological polar surface area (TPSA) is 99.3 Å². The van der Waals surface area contributed by atoms with Crippen LogP contribution in [0.25, 0.3) is 5.69 Å². The molecule has 1 atom stereocenters. The normalized spacial score (nSPS) is 11.7. The molecule has 0 radical (unpaired) electrons. The van der Waals surface area contributed by atoms with Gasteiger partial charge in [0.25, 0.3) is 5.69 Å². The first-order valence-electron chi connectivity index (χ1n) is 8.48. The lowest BCUT2D eigenvalue weighted by atomic mass is 10.2. The van der Waals surface area contributed by atoms with Gasteiger partial charge in [-0.05, 0) is 37.3 Å². The van der Waals surface area contributed by atoms with Gasteiger partial charge in [0.1, 0.15) is 5.75 Å². The van der Waals surface area contributed by atoms with Gasteiger partial charge < -0.3 is 10.1 Å². The fraction of sp³-hybridized carbons (Fsp3) is 0.158. The van der Waals surface area contributed by atoms with Crippen molar-refractivity contribution in [1.29, 1.82) is 0 Å². The Morgan fingerprint density at radius 2 is 2.03 bits per heavy atom. The van der Waals surface area contributed by atoms with Crippen molar-refractivity contribution in [2.75, 3.05) is 12.4 Å². The highest BCUT2D eigenvalue weighted by atomic mass is 35.5. The lowest BCUT2D eigenvalue weighted by Gasteiger charge is -2.14. The summed E-state index contributed by atoms with van der Waals surface area (Å²) < 4.78 is 7.02. The van der Waals surface area contributed by atoms with Crippen molar-refractivity contribution in [3.05, 3.63) is 70.0 Å². The van der Waals surface area contributed by atoms with Crippen LogP contribution in [0.15, 0.2) is 60.0 Å². The summed E-state index contributed by atoms with van der Waals surface area (Å²) in [5.41, 5.74) is 0.914. The quantitative estimate of drug-likeness (QED) is 0.333. The Balaban J connectivity index is 1.73. The molecule has 0 unspecified atom stereocenters. The van der Waals surface area contributed by atoms with Crippen LogP contribution in [0, 0.1) is 10.1 Å². The van der Waals surface area contributed by atoms with Gasteiger partial charge in [-0.1, -0.05) is 23.4 Å². The highest BCUT2D eigenvalue weighted by molar-refractivity contribution is 8.00. The van der Waals surface area contributed by atoms with Crippen LogP contribution < -0.4 is 10.1 Å². The van der Waals surface area contributed by atoms with E-state index in [1.165, 1.54) is 30.0 Å². The largest absolute Gasteiger partial charge is 0.497 e. The second-order valence-electron chi connectivity index (χ2n) is 5.95. The van der Waals surface area contributed by atoms with Crippen LogP contribution >= 0.6 is 23.4 Å². The molecule has 0 bridgehead atoms. The fourth-order valence-electron chi connectivity index (χ4n) is 2.48. The van der Waals surface area contributed by atoms with Crippen molar-refractivity contribution in [1.82, 2.24) is 9.55 Å². The standard InChI is InChI=1S/C19H17ClN4O4S/c1-12(18(25)22-17-11-14(24(26)27)5-8-16(17)20)29-19-21-9-10-23(19)13-3-6-15(28-2)7-4-13/h3-12H,1-2H3,(H,22,25)/t12-/m1/s1. The maximum Gasteiger partial charge on any atom is 0.271 e. The van der Waals surface area contributed by atoms with Crippen molar-refractivity contribution in [3.63, 3.8) is 0 Å². The molecule has 0 aliphatic carbocycles. The van der Waals surface area contributed by atoms with Gasteiger partial charge in [-0.15, -0.1) is 0 Å². The molecule has 1 aromatic heterocycles. The first kappa shape index (κ1) is 20.7. The van der Waals surface area contributed by atoms with Gasteiger partial charge in [0.2, 0.25) is 5.91 Å². The summed E-state index contributed by atoms with van der Waals surface area (Å²) in [6.45, 7) is 1.72. The molecule has 0 saturated carbocycles. The second kappa shape index (κ2) is 8.97. The van der Waals surface area contributed by atoms with Crippen LogP contribution in [0.5, 0.6) is 5.75 Å². The molecule has 1 N–H and O–H groups in total. The molecule has 0 spiro atoms. The number of non-ortho nitro benzene ring substituents is 1. The number of carbonyl (C=O) groups is 1. The Hall–Kier alpha value is -3.04. The lowest BCUT2D eigenvalue weighted by Crippen LogP contribution is -2.23. The number of nitro groups is 1. The number of carbonyl (C=O) groups excluding carboxylic acids is 1. The molecule has 1 heterocycles. The van der Waals surface area contributed by atoms with Crippen molar-refractivity contribution < 1.29 is 14.5 Å². The molecule has 0 aliphatic rings. The average molecular weight is 433 g/mol. The number of hydrogen-bond acceptors (Lipinski definition) is 6. The number of nitro benzene ring substituents is 1. The number of hydrogen-bond donors (Lipinski definition) is 1. The second-order valence-corrected chi connectivity index (χ2v) is 7.66. The van der Waals surface area contributed by atoms with Gasteiger partial charge >= 0.3 is 0 Å². The zero-order valence-corrected chi connectivity index (χ0v) is 17.1. The number of amides is 1. The highest BCUT2D eigenvalue weighted by Crippen LogP contribution is 2.29. The number of aromatic nitrogens is 2. The molecule has 150 valence electrons. The Kier molecular flexibility index (Phi) is 6.40. The number of methoxy groups -OCH3 is 1. The smallest absolute Gasteiger partial charge is 0.271 e. The van der Waals surface area contributed by atoms with Crippen molar-refractivity contribution in [3.8, 4) is 11.4 Å². The summed E-state index contributed by atoms with van der Waals surface area (Å²) in [5.74, 6) is 0.395. The first-order chi connectivity index (χ1) is 13.9. The molecule has 8 nitrogen and oxygen atoms in total. The van der Waals surface area contributed by atoms with E-state index in [1.807, 2.05) is 28.8 Å². The number of anilines is 1. The van der Waals surface area contributed by atoms with Crippen molar-refractivity contribution in [2.24, 2.45) is 0 Å². The monoisotopic (exact) mass is 432 g/mol. The van der Waals surface area contributed by atoms with Gasteiger partial charge in [0, 0.05) is 30.2 Å². The number of benzene rings is 2. The van der Waals surface area contributed by atoms with Crippen LogP contribution in [0.2, 0.25) is 5.02 Å². The fourth-order valence-corrected chi connectivity index (χ4v) is 3.53. The van der Waals surface area contributed by atoms with E-state index in [0.717, 1.165) is 11.4 Å². The van der Waals surface area contributed by atoms with E-state index in [1.54, 1.807) is 26.4 Å². The summed E-state index contributed by atoms with van der Waals surface area (Å²) >= 11 is 7.31. The Labute approximate surface area is 176 Å². The number of ether oxygens (including phenoxy) is 1. The number of thioether (sulfide) groups is 1. The van der Waals surface area contributed by atoms with Gasteiger partial charge in [-0.2, -0.15) is 0 Å². The Morgan fingerprint density at radius 3 is 2.69 bits per heavy atom. The molecule has 3 rings (SSSR count). The average Bonchev–Trinajstić information content (AvgIpc) is 3.17. The number of nitrogens with one attached hydrogen (secondary N) is 1. The third-order valence-electron chi connectivity index (χ3n) is 4.03. The maximum atomic E-state index is 12.6. The van der Waals surface area contributed by atoms with Crippen LogP contribution in [0.1, 0.15) is 6.92 Å². The van der Waals surface area contributed by atoms with Crippen LogP contribution in [-0.4, -0.2) is 32.7 Å². The zero-order chi connectivity index (χ0) is 21.0. The molecule has 0 fully saturated rings. The number of imidazole rings is 1. The first-order valence-corrected chi connectivity index (χ1v) is 9.74. The predicted molar refractivity (Wildman–Crippen MR) is 112 cm³/mol. The van der Waals surface area contributed by atoms with E-state index < -0.39 is 10.2 Å². The molecule has 10 heteroatoms. The number of nitrogens with zero attached hydrogens (tertiary/aromatic N) is 3. The minimum atomic E-state index is -0.546. The molecule has 1 amide bonds. The number of rotatable bonds is 7. The summed E-state index contributed by atoms with van der Waals surface area (Å²) in [6, 6.07) is 11.3. The minimum Gasteiger partial charge on any atom is -0.497 e. The molecule has 29 heavy (non-hydrogen) atoms. The van der Waals surface area contributed by atoms with E-state index >= 15 is 0 Å². The summed E-state index contributed by atoms with van der Waals surface area (Å²) in [7, 11) is 1.60. The van der Waals surface area contributed by atoms with Crippen LogP contribution in [0.4, 0.5) is 11.4 Å². The minimum absolute atomic E-state index is 0.153. The molecule has 0 aliphatic heterocycles. The van der Waals surface area contributed by atoms with Gasteiger partial charge in [0.05, 0.1) is 28.0 Å². The van der Waals surface area contributed by atoms with Gasteiger partial charge in [-0.3, -0.25) is 19.5 Å². The predicted octanol–water partition coefficient (Wildman–Crippen LogP) is 4.56. The summed E-state index contributed by atoms with van der Waals surface area (Å²) in [5, 5.41) is 13.9. The number of halogens is 1. The van der Waals surface area contributed by atoms with Crippen molar-refractivity contribution in [2.45, 2.75) is 17.3 Å². The van der Waals surface area contributed by atoms with E-state index in [0.29, 0.717) is 5.16 Å². The zero-order valence-electron chi connectivity index (χ0n) is 15.5. The highest BCUT2D eigenvalue weighted by Gasteiger charge is 2.20. The van der Waals surface area contributed by atoms with Gasteiger partial charge in [0.15, 0.2) is 5.16 Å². The van der Waals surface area contributed by atoms with E-state index in [9.17, 15) is 14.9 Å². The van der Waals surface area contributed by atoms with E-state index in [-0.39, 0.29) is 22.3 Å². The molecular formula is C19H17ClN4O4S.